The second-order valence-corrected chi connectivity index (χ2v) is 5.44. The van der Waals surface area contributed by atoms with Gasteiger partial charge in [0.2, 0.25) is 0 Å². The highest BCUT2D eigenvalue weighted by atomic mass is 35.5. The largest absolute Gasteiger partial charge is 0.301 e. The Balaban J connectivity index is 2.31. The Morgan fingerprint density at radius 2 is 1.95 bits per heavy atom. The smallest absolute Gasteiger partial charge is 0.273 e. The second kappa shape index (κ2) is 4.80. The molecule has 3 rings (SSSR count). The summed E-state index contributed by atoms with van der Waals surface area (Å²) in [7, 11) is 0. The second-order valence-electron chi connectivity index (χ2n) is 5.03. The van der Waals surface area contributed by atoms with Crippen LogP contribution in [0.15, 0.2) is 35.1 Å². The number of pyridine rings is 1. The maximum absolute atomic E-state index is 12.0. The minimum atomic E-state index is -0.174. The van der Waals surface area contributed by atoms with Crippen LogP contribution in [0.1, 0.15) is 25.5 Å². The summed E-state index contributed by atoms with van der Waals surface area (Å²) in [6.07, 6.45) is 0. The van der Waals surface area contributed by atoms with E-state index in [1.807, 2.05) is 38.1 Å². The van der Waals surface area contributed by atoms with Gasteiger partial charge < -0.3 is 5.10 Å². The summed E-state index contributed by atoms with van der Waals surface area (Å²) in [5, 5.41) is 7.02. The zero-order chi connectivity index (χ0) is 14.3. The summed E-state index contributed by atoms with van der Waals surface area (Å²) < 4.78 is 0. The third-order valence-electron chi connectivity index (χ3n) is 3.31. The van der Waals surface area contributed by atoms with Crippen molar-refractivity contribution in [2.24, 2.45) is 0 Å². The van der Waals surface area contributed by atoms with Gasteiger partial charge in [-0.25, -0.2) is 4.98 Å². The molecule has 0 amide bonds. The zero-order valence-corrected chi connectivity index (χ0v) is 12.0. The van der Waals surface area contributed by atoms with Crippen LogP contribution in [0.3, 0.4) is 0 Å². The van der Waals surface area contributed by atoms with Crippen LogP contribution < -0.4 is 5.56 Å². The number of aromatic nitrogens is 3. The molecular formula is C15H14ClN3O. The van der Waals surface area contributed by atoms with Crippen molar-refractivity contribution in [2.75, 3.05) is 0 Å². The molecule has 2 heterocycles. The molecule has 0 saturated carbocycles. The van der Waals surface area contributed by atoms with Crippen LogP contribution in [0.2, 0.25) is 5.02 Å². The van der Waals surface area contributed by atoms with E-state index in [9.17, 15) is 4.79 Å². The molecule has 20 heavy (non-hydrogen) atoms. The van der Waals surface area contributed by atoms with E-state index in [0.717, 1.165) is 16.6 Å². The van der Waals surface area contributed by atoms with E-state index in [1.54, 1.807) is 6.07 Å². The average molecular weight is 288 g/mol. The Morgan fingerprint density at radius 1 is 1.20 bits per heavy atom. The molecule has 0 bridgehead atoms. The van der Waals surface area contributed by atoms with Crippen molar-refractivity contribution < 1.29 is 0 Å². The highest BCUT2D eigenvalue weighted by Crippen LogP contribution is 2.29. The summed E-state index contributed by atoms with van der Waals surface area (Å²) >= 11 is 6.30. The Hall–Kier alpha value is -2.07. The topological polar surface area (TPSA) is 61.5 Å². The van der Waals surface area contributed by atoms with Crippen molar-refractivity contribution in [3.8, 4) is 11.3 Å². The van der Waals surface area contributed by atoms with Crippen LogP contribution in [0.5, 0.6) is 0 Å². The van der Waals surface area contributed by atoms with Crippen LogP contribution in [0, 0.1) is 0 Å². The summed E-state index contributed by atoms with van der Waals surface area (Å²) in [6, 6.07) is 9.37. The van der Waals surface area contributed by atoms with Crippen molar-refractivity contribution in [1.82, 2.24) is 15.2 Å². The Kier molecular flexibility index (Phi) is 3.10. The number of benzene rings is 1. The normalized spacial score (nSPS) is 11.4. The average Bonchev–Trinajstić information content (AvgIpc) is 2.81. The minimum absolute atomic E-state index is 0.174. The Morgan fingerprint density at radius 3 is 2.70 bits per heavy atom. The van der Waals surface area contributed by atoms with Crippen molar-refractivity contribution in [2.45, 2.75) is 19.8 Å². The first-order valence-electron chi connectivity index (χ1n) is 6.44. The first kappa shape index (κ1) is 12.9. The first-order chi connectivity index (χ1) is 9.58. The van der Waals surface area contributed by atoms with Crippen LogP contribution in [0.4, 0.5) is 0 Å². The van der Waals surface area contributed by atoms with Gasteiger partial charge in [-0.3, -0.25) is 9.89 Å². The highest BCUT2D eigenvalue weighted by Gasteiger charge is 2.17. The molecule has 0 saturated heterocycles. The van der Waals surface area contributed by atoms with Gasteiger partial charge in [-0.1, -0.05) is 43.6 Å². The van der Waals surface area contributed by atoms with Crippen LogP contribution in [-0.4, -0.2) is 15.2 Å². The van der Waals surface area contributed by atoms with E-state index in [1.165, 1.54) is 0 Å². The van der Waals surface area contributed by atoms with Crippen LogP contribution >= 0.6 is 11.6 Å². The van der Waals surface area contributed by atoms with Gasteiger partial charge in [0.15, 0.2) is 0 Å². The molecule has 102 valence electrons. The molecule has 2 aromatic heterocycles. The lowest BCUT2D eigenvalue weighted by Gasteiger charge is -2.07. The molecule has 5 heteroatoms. The molecule has 2 N–H and O–H groups in total. The van der Waals surface area contributed by atoms with Crippen LogP contribution in [0.25, 0.3) is 22.2 Å². The van der Waals surface area contributed by atoms with Crippen molar-refractivity contribution in [3.63, 3.8) is 0 Å². The summed E-state index contributed by atoms with van der Waals surface area (Å²) in [5.41, 5.74) is 2.61. The maximum Gasteiger partial charge on any atom is 0.273 e. The summed E-state index contributed by atoms with van der Waals surface area (Å²) in [6.45, 7) is 4.04. The molecule has 0 fully saturated rings. The van der Waals surface area contributed by atoms with E-state index in [0.29, 0.717) is 16.3 Å². The van der Waals surface area contributed by atoms with Gasteiger partial charge in [-0.2, -0.15) is 0 Å². The lowest BCUT2D eigenvalue weighted by molar-refractivity contribution is 0.810. The monoisotopic (exact) mass is 287 g/mol. The zero-order valence-electron chi connectivity index (χ0n) is 11.2. The predicted octanol–water partition coefficient (Wildman–Crippen LogP) is 3.70. The quantitative estimate of drug-likeness (QED) is 0.755. The molecule has 0 spiro atoms. The van der Waals surface area contributed by atoms with Crippen molar-refractivity contribution >= 4 is 22.5 Å². The number of hydrogen-bond acceptors (Lipinski definition) is 2. The molecule has 0 unspecified atom stereocenters. The van der Waals surface area contributed by atoms with E-state index >= 15 is 0 Å². The van der Waals surface area contributed by atoms with E-state index < -0.39 is 0 Å². The van der Waals surface area contributed by atoms with E-state index in [2.05, 4.69) is 15.2 Å². The SMILES string of the molecule is CC(C)c1[nH][nH]c(=O)c1-c1cc(Cl)c2ccccc2n1. The van der Waals surface area contributed by atoms with Gasteiger partial charge in [0, 0.05) is 11.1 Å². The number of halogens is 1. The van der Waals surface area contributed by atoms with Gasteiger partial charge in [-0.05, 0) is 18.1 Å². The lowest BCUT2D eigenvalue weighted by atomic mass is 10.0. The molecule has 0 radical (unpaired) electrons. The number of nitrogens with one attached hydrogen (secondary N) is 2. The highest BCUT2D eigenvalue weighted by molar-refractivity contribution is 6.35. The number of para-hydroxylation sites is 1. The predicted molar refractivity (Wildman–Crippen MR) is 81.2 cm³/mol. The number of nitrogens with zero attached hydrogens (tertiary/aromatic N) is 1. The fraction of sp³-hybridized carbons (Fsp3) is 0.200. The molecule has 0 aliphatic rings. The molecular weight excluding hydrogens is 274 g/mol. The fourth-order valence-electron chi connectivity index (χ4n) is 2.32. The molecule has 3 aromatic rings. The van der Waals surface area contributed by atoms with E-state index in [-0.39, 0.29) is 11.5 Å². The van der Waals surface area contributed by atoms with Gasteiger partial charge in [-0.15, -0.1) is 0 Å². The Labute approximate surface area is 120 Å². The molecule has 0 aliphatic heterocycles. The maximum atomic E-state index is 12.0. The molecule has 1 aromatic carbocycles. The number of fused-ring (bicyclic) bond motifs is 1. The number of aromatic amines is 2. The fourth-order valence-corrected chi connectivity index (χ4v) is 2.58. The molecule has 0 atom stereocenters. The molecule has 0 aliphatic carbocycles. The van der Waals surface area contributed by atoms with Gasteiger partial charge in [0.25, 0.3) is 5.56 Å². The standard InChI is InChI=1S/C15H14ClN3O/c1-8(2)14-13(15(20)19-18-14)12-7-10(16)9-5-3-4-6-11(9)17-12/h3-8H,1-2H3,(H2,18,19,20). The van der Waals surface area contributed by atoms with Gasteiger partial charge >= 0.3 is 0 Å². The number of hydrogen-bond donors (Lipinski definition) is 2. The van der Waals surface area contributed by atoms with Crippen molar-refractivity contribution in [1.29, 1.82) is 0 Å². The van der Waals surface area contributed by atoms with Crippen molar-refractivity contribution in [3.05, 3.63) is 51.4 Å². The third-order valence-corrected chi connectivity index (χ3v) is 3.62. The van der Waals surface area contributed by atoms with E-state index in [4.69, 9.17) is 11.6 Å². The third kappa shape index (κ3) is 2.02. The van der Waals surface area contributed by atoms with Crippen LogP contribution in [-0.2, 0) is 0 Å². The molecule has 4 nitrogen and oxygen atoms in total. The minimum Gasteiger partial charge on any atom is -0.301 e. The summed E-state index contributed by atoms with van der Waals surface area (Å²) in [5.74, 6) is 0.191. The summed E-state index contributed by atoms with van der Waals surface area (Å²) in [4.78, 5) is 16.6. The lowest BCUT2D eigenvalue weighted by Crippen LogP contribution is -2.04. The van der Waals surface area contributed by atoms with Gasteiger partial charge in [0.1, 0.15) is 0 Å². The Bertz CT molecular complexity index is 832. The van der Waals surface area contributed by atoms with Gasteiger partial charge in [0.05, 0.1) is 21.8 Å². The number of H-pyrrole nitrogens is 2. The first-order valence-corrected chi connectivity index (χ1v) is 6.82. The number of rotatable bonds is 2.